The predicted octanol–water partition coefficient (Wildman–Crippen LogP) is 4.05. The molecular formula is C15H12F3N3O3S. The Morgan fingerprint density at radius 3 is 2.56 bits per heavy atom. The highest BCUT2D eigenvalue weighted by Crippen LogP contribution is 2.29. The predicted molar refractivity (Wildman–Crippen MR) is 86.4 cm³/mol. The first-order valence-corrected chi connectivity index (χ1v) is 7.86. The van der Waals surface area contributed by atoms with Gasteiger partial charge in [-0.3, -0.25) is 14.9 Å². The van der Waals surface area contributed by atoms with Gasteiger partial charge in [0.2, 0.25) is 5.91 Å². The second-order valence-corrected chi connectivity index (χ2v) is 5.97. The van der Waals surface area contributed by atoms with Gasteiger partial charge in [-0.25, -0.2) is 4.98 Å². The monoisotopic (exact) mass is 371 g/mol. The second-order valence-electron chi connectivity index (χ2n) is 4.98. The van der Waals surface area contributed by atoms with Gasteiger partial charge in [0.25, 0.3) is 5.69 Å². The van der Waals surface area contributed by atoms with Crippen LogP contribution in [0.25, 0.3) is 0 Å². The van der Waals surface area contributed by atoms with Crippen molar-refractivity contribution in [2.45, 2.75) is 18.1 Å². The Hall–Kier alpha value is -2.62. The van der Waals surface area contributed by atoms with Crippen LogP contribution in [-0.4, -0.2) is 21.6 Å². The highest BCUT2D eigenvalue weighted by atomic mass is 32.2. The zero-order chi connectivity index (χ0) is 18.6. The molecule has 132 valence electrons. The van der Waals surface area contributed by atoms with Gasteiger partial charge in [0, 0.05) is 24.0 Å². The van der Waals surface area contributed by atoms with Crippen LogP contribution in [0.5, 0.6) is 0 Å². The Kier molecular flexibility index (Phi) is 5.62. The number of hydrogen-bond acceptors (Lipinski definition) is 5. The maximum atomic E-state index is 12.4. The average Bonchev–Trinajstić information content (AvgIpc) is 2.54. The van der Waals surface area contributed by atoms with E-state index in [1.807, 2.05) is 0 Å². The summed E-state index contributed by atoms with van der Waals surface area (Å²) in [4.78, 5) is 25.7. The minimum atomic E-state index is -4.46. The van der Waals surface area contributed by atoms with E-state index < -0.39 is 22.6 Å². The van der Waals surface area contributed by atoms with Crippen LogP contribution in [0.1, 0.15) is 11.1 Å². The molecule has 10 heteroatoms. The number of nitrogens with zero attached hydrogens (tertiary/aromatic N) is 2. The van der Waals surface area contributed by atoms with E-state index in [4.69, 9.17) is 0 Å². The van der Waals surface area contributed by atoms with Crippen LogP contribution >= 0.6 is 11.8 Å². The van der Waals surface area contributed by atoms with Crippen LogP contribution in [0.15, 0.2) is 41.6 Å². The number of aryl methyl sites for hydroxylation is 1. The van der Waals surface area contributed by atoms with Crippen LogP contribution in [0.4, 0.5) is 24.5 Å². The number of carbonyl (C=O) groups excluding carboxylic acids is 1. The fourth-order valence-electron chi connectivity index (χ4n) is 1.86. The fraction of sp³-hybridized carbons (Fsp3) is 0.200. The van der Waals surface area contributed by atoms with Gasteiger partial charge in [0.05, 0.1) is 21.3 Å². The van der Waals surface area contributed by atoms with Crippen molar-refractivity contribution in [2.24, 2.45) is 0 Å². The molecule has 1 aromatic carbocycles. The van der Waals surface area contributed by atoms with E-state index in [0.29, 0.717) is 17.4 Å². The molecule has 25 heavy (non-hydrogen) atoms. The topological polar surface area (TPSA) is 85.1 Å². The van der Waals surface area contributed by atoms with Crippen molar-refractivity contribution in [2.75, 3.05) is 11.1 Å². The minimum absolute atomic E-state index is 0.0607. The van der Waals surface area contributed by atoms with Crippen LogP contribution in [0.2, 0.25) is 0 Å². The van der Waals surface area contributed by atoms with Crippen molar-refractivity contribution in [3.63, 3.8) is 0 Å². The Bertz CT molecular complexity index is 795. The fourth-order valence-corrected chi connectivity index (χ4v) is 2.50. The first-order chi connectivity index (χ1) is 11.7. The molecule has 2 aromatic rings. The molecule has 0 unspecified atom stereocenters. The standard InChI is InChI=1S/C15H12F3N3O3S/c1-9-6-11(21(23)24)3-4-12(9)20-13(22)8-25-14-5-2-10(7-19-14)15(16,17)18/h2-7H,8H2,1H3,(H,20,22). The summed E-state index contributed by atoms with van der Waals surface area (Å²) >= 11 is 0.982. The third-order valence-electron chi connectivity index (χ3n) is 3.11. The minimum Gasteiger partial charge on any atom is -0.325 e. The van der Waals surface area contributed by atoms with Crippen molar-refractivity contribution in [3.8, 4) is 0 Å². The summed E-state index contributed by atoms with van der Waals surface area (Å²) in [7, 11) is 0. The molecule has 0 saturated heterocycles. The Morgan fingerprint density at radius 1 is 1.32 bits per heavy atom. The third kappa shape index (κ3) is 5.18. The maximum absolute atomic E-state index is 12.4. The summed E-state index contributed by atoms with van der Waals surface area (Å²) in [6.07, 6.45) is -3.75. The number of anilines is 1. The molecule has 6 nitrogen and oxygen atoms in total. The SMILES string of the molecule is Cc1cc([N+](=O)[O-])ccc1NC(=O)CSc1ccc(C(F)(F)F)cn1. The van der Waals surface area contributed by atoms with Crippen molar-refractivity contribution >= 4 is 29.0 Å². The molecule has 0 spiro atoms. The smallest absolute Gasteiger partial charge is 0.325 e. The molecular weight excluding hydrogens is 359 g/mol. The number of non-ortho nitro benzene ring substituents is 1. The van der Waals surface area contributed by atoms with Gasteiger partial charge in [-0.05, 0) is 30.7 Å². The first kappa shape index (κ1) is 18.7. The van der Waals surface area contributed by atoms with E-state index in [9.17, 15) is 28.1 Å². The molecule has 1 amide bonds. The third-order valence-corrected chi connectivity index (χ3v) is 4.05. The number of amides is 1. The van der Waals surface area contributed by atoms with Gasteiger partial charge in [-0.1, -0.05) is 11.8 Å². The average molecular weight is 371 g/mol. The molecule has 1 N–H and O–H groups in total. The molecule has 0 aliphatic carbocycles. The number of aromatic nitrogens is 1. The molecule has 0 saturated carbocycles. The number of halogens is 3. The normalized spacial score (nSPS) is 11.2. The number of nitrogens with one attached hydrogen (secondary N) is 1. The zero-order valence-electron chi connectivity index (χ0n) is 12.8. The van der Waals surface area contributed by atoms with Gasteiger partial charge >= 0.3 is 6.18 Å². The molecule has 2 rings (SSSR count). The summed E-state index contributed by atoms with van der Waals surface area (Å²) in [5.74, 6) is -0.460. The summed E-state index contributed by atoms with van der Waals surface area (Å²) in [6, 6.07) is 6.12. The lowest BCUT2D eigenvalue weighted by Crippen LogP contribution is -2.15. The molecule has 0 radical (unpaired) electrons. The quantitative estimate of drug-likeness (QED) is 0.487. The Labute approximate surface area is 144 Å². The van der Waals surface area contributed by atoms with E-state index in [2.05, 4.69) is 10.3 Å². The van der Waals surface area contributed by atoms with E-state index in [1.54, 1.807) is 6.92 Å². The summed E-state index contributed by atoms with van der Waals surface area (Å²) in [5.41, 5.74) is 0.0124. The number of alkyl halides is 3. The zero-order valence-corrected chi connectivity index (χ0v) is 13.6. The number of carbonyl (C=O) groups is 1. The van der Waals surface area contributed by atoms with Gasteiger partial charge < -0.3 is 5.32 Å². The molecule has 1 aromatic heterocycles. The van der Waals surface area contributed by atoms with Crippen LogP contribution < -0.4 is 5.32 Å². The van der Waals surface area contributed by atoms with Gasteiger partial charge in [0.1, 0.15) is 0 Å². The number of benzene rings is 1. The van der Waals surface area contributed by atoms with Gasteiger partial charge in [-0.15, -0.1) is 0 Å². The van der Waals surface area contributed by atoms with Crippen molar-refractivity contribution < 1.29 is 22.9 Å². The van der Waals surface area contributed by atoms with Crippen LogP contribution in [-0.2, 0) is 11.0 Å². The molecule has 0 bridgehead atoms. The van der Waals surface area contributed by atoms with Crippen molar-refractivity contribution in [3.05, 3.63) is 57.8 Å². The second kappa shape index (κ2) is 7.51. The molecule has 0 aliphatic rings. The number of nitro benzene ring substituents is 1. The Morgan fingerprint density at radius 2 is 2.04 bits per heavy atom. The number of pyridine rings is 1. The van der Waals surface area contributed by atoms with Gasteiger partial charge in [-0.2, -0.15) is 13.2 Å². The van der Waals surface area contributed by atoms with Crippen molar-refractivity contribution in [1.29, 1.82) is 0 Å². The lowest BCUT2D eigenvalue weighted by Gasteiger charge is -2.09. The molecule has 1 heterocycles. The highest BCUT2D eigenvalue weighted by Gasteiger charge is 2.30. The first-order valence-electron chi connectivity index (χ1n) is 6.88. The number of rotatable bonds is 5. The molecule has 0 atom stereocenters. The van der Waals surface area contributed by atoms with Crippen LogP contribution in [0, 0.1) is 17.0 Å². The van der Waals surface area contributed by atoms with E-state index >= 15 is 0 Å². The van der Waals surface area contributed by atoms with E-state index in [0.717, 1.165) is 17.8 Å². The number of thioether (sulfide) groups is 1. The summed E-state index contributed by atoms with van der Waals surface area (Å²) in [6.45, 7) is 1.62. The number of nitro groups is 1. The highest BCUT2D eigenvalue weighted by molar-refractivity contribution is 7.99. The van der Waals surface area contributed by atoms with Crippen molar-refractivity contribution in [1.82, 2.24) is 4.98 Å². The maximum Gasteiger partial charge on any atom is 0.417 e. The Balaban J connectivity index is 1.94. The van der Waals surface area contributed by atoms with Crippen LogP contribution in [0.3, 0.4) is 0 Å². The van der Waals surface area contributed by atoms with Gasteiger partial charge in [0.15, 0.2) is 0 Å². The van der Waals surface area contributed by atoms with E-state index in [1.165, 1.54) is 24.3 Å². The summed E-state index contributed by atoms with van der Waals surface area (Å²) in [5, 5.41) is 13.5. The molecule has 0 fully saturated rings. The van der Waals surface area contributed by atoms with E-state index in [-0.39, 0.29) is 16.5 Å². The lowest BCUT2D eigenvalue weighted by molar-refractivity contribution is -0.384. The largest absolute Gasteiger partial charge is 0.417 e. The lowest BCUT2D eigenvalue weighted by atomic mass is 10.2. The molecule has 0 aliphatic heterocycles. The summed E-state index contributed by atoms with van der Waals surface area (Å²) < 4.78 is 37.3. The number of hydrogen-bond donors (Lipinski definition) is 1.